The predicted molar refractivity (Wildman–Crippen MR) is 124 cm³/mol. The van der Waals surface area contributed by atoms with Gasteiger partial charge >= 0.3 is 0 Å². The Morgan fingerprint density at radius 3 is 2.52 bits per heavy atom. The SMILES string of the molecule is Cc1c(C([O-])=C2C(=O)C(=O)N(CC[NH+](C)C)C2c2cccc(Cl)c2)cnn1-c1ccccc1. The Hall–Kier alpha value is -3.42. The number of benzene rings is 2. The number of ketones is 1. The molecule has 170 valence electrons. The predicted octanol–water partition coefficient (Wildman–Crippen LogP) is 1.20. The molecule has 1 aliphatic rings. The van der Waals surface area contributed by atoms with Gasteiger partial charge in [-0.1, -0.05) is 47.7 Å². The van der Waals surface area contributed by atoms with Crippen LogP contribution < -0.4 is 10.0 Å². The highest BCUT2D eigenvalue weighted by Gasteiger charge is 2.44. The average Bonchev–Trinajstić information content (AvgIpc) is 3.30. The molecule has 0 aliphatic carbocycles. The second kappa shape index (κ2) is 9.21. The number of carbonyl (C=O) groups excluding carboxylic acids is 2. The second-order valence-electron chi connectivity index (χ2n) is 8.38. The third-order valence-electron chi connectivity index (χ3n) is 5.80. The summed E-state index contributed by atoms with van der Waals surface area (Å²) in [4.78, 5) is 28.7. The fourth-order valence-electron chi connectivity index (χ4n) is 4.08. The highest BCUT2D eigenvalue weighted by Crippen LogP contribution is 2.39. The Kier molecular flexibility index (Phi) is 6.35. The molecule has 7 nitrogen and oxygen atoms in total. The number of rotatable bonds is 6. The van der Waals surface area contributed by atoms with Gasteiger partial charge in [-0.2, -0.15) is 5.10 Å². The maximum Gasteiger partial charge on any atom is 0.295 e. The number of likely N-dealkylation sites (tertiary alicyclic amines) is 1. The summed E-state index contributed by atoms with van der Waals surface area (Å²) in [6, 6.07) is 15.6. The van der Waals surface area contributed by atoms with E-state index < -0.39 is 23.5 Å². The third-order valence-corrected chi connectivity index (χ3v) is 6.04. The monoisotopic (exact) mass is 464 g/mol. The van der Waals surface area contributed by atoms with Gasteiger partial charge < -0.3 is 14.9 Å². The van der Waals surface area contributed by atoms with Crippen molar-refractivity contribution in [3.05, 3.63) is 88.2 Å². The first-order valence-corrected chi connectivity index (χ1v) is 11.1. The van der Waals surface area contributed by atoms with Gasteiger partial charge in [-0.25, -0.2) is 4.68 Å². The summed E-state index contributed by atoms with van der Waals surface area (Å²) in [7, 11) is 3.93. The van der Waals surface area contributed by atoms with E-state index in [1.54, 1.807) is 35.9 Å². The lowest BCUT2D eigenvalue weighted by Crippen LogP contribution is -3.06. The Morgan fingerprint density at radius 1 is 1.12 bits per heavy atom. The Bertz CT molecular complexity index is 1230. The number of likely N-dealkylation sites (N-methyl/N-ethyl adjacent to an activating group) is 1. The number of amides is 1. The van der Waals surface area contributed by atoms with Gasteiger partial charge in [0.15, 0.2) is 0 Å². The van der Waals surface area contributed by atoms with Crippen LogP contribution in [0.4, 0.5) is 0 Å². The lowest BCUT2D eigenvalue weighted by atomic mass is 9.95. The Morgan fingerprint density at radius 2 is 1.85 bits per heavy atom. The average molecular weight is 465 g/mol. The van der Waals surface area contributed by atoms with Crippen LogP contribution in [-0.4, -0.2) is 53.6 Å². The summed E-state index contributed by atoms with van der Waals surface area (Å²) in [6.07, 6.45) is 1.46. The van der Waals surface area contributed by atoms with Crippen molar-refractivity contribution in [3.8, 4) is 5.69 Å². The minimum absolute atomic E-state index is 0.0632. The molecule has 1 aromatic heterocycles. The molecule has 0 saturated carbocycles. The van der Waals surface area contributed by atoms with Crippen LogP contribution in [-0.2, 0) is 9.59 Å². The molecular formula is C25H25ClN4O3. The number of nitrogens with one attached hydrogen (secondary N) is 1. The van der Waals surface area contributed by atoms with Crippen molar-refractivity contribution in [2.75, 3.05) is 27.2 Å². The number of hydrogen-bond donors (Lipinski definition) is 1. The van der Waals surface area contributed by atoms with Gasteiger partial charge in [0, 0.05) is 21.9 Å². The van der Waals surface area contributed by atoms with Gasteiger partial charge in [0.2, 0.25) is 5.78 Å². The van der Waals surface area contributed by atoms with Gasteiger partial charge in [0.05, 0.1) is 45.1 Å². The van der Waals surface area contributed by atoms with E-state index in [1.807, 2.05) is 44.4 Å². The third kappa shape index (κ3) is 4.29. The molecular weight excluding hydrogens is 440 g/mol. The molecule has 2 heterocycles. The number of para-hydroxylation sites is 1. The van der Waals surface area contributed by atoms with Crippen LogP contribution in [0.2, 0.25) is 5.02 Å². The zero-order valence-corrected chi connectivity index (χ0v) is 19.5. The van der Waals surface area contributed by atoms with Crippen molar-refractivity contribution < 1.29 is 19.6 Å². The fraction of sp³-hybridized carbons (Fsp3) is 0.240. The molecule has 3 aromatic rings. The number of nitrogens with zero attached hydrogens (tertiary/aromatic N) is 3. The van der Waals surface area contributed by atoms with Crippen molar-refractivity contribution in [3.63, 3.8) is 0 Å². The van der Waals surface area contributed by atoms with Crippen molar-refractivity contribution in [1.82, 2.24) is 14.7 Å². The number of Topliss-reactive ketones (excluding diaryl/α,β-unsaturated/α-hetero) is 1. The van der Waals surface area contributed by atoms with Crippen molar-refractivity contribution >= 4 is 29.1 Å². The summed E-state index contributed by atoms with van der Waals surface area (Å²) < 4.78 is 1.65. The molecule has 1 amide bonds. The van der Waals surface area contributed by atoms with Crippen LogP contribution in [0, 0.1) is 6.92 Å². The minimum atomic E-state index is -0.796. The van der Waals surface area contributed by atoms with Crippen molar-refractivity contribution in [1.29, 1.82) is 0 Å². The topological polar surface area (TPSA) is 82.7 Å². The number of halogens is 1. The maximum absolute atomic E-state index is 13.7. The Balaban J connectivity index is 1.85. The largest absolute Gasteiger partial charge is 0.872 e. The van der Waals surface area contributed by atoms with E-state index in [4.69, 9.17) is 11.6 Å². The zero-order chi connectivity index (χ0) is 23.7. The minimum Gasteiger partial charge on any atom is -0.872 e. The highest BCUT2D eigenvalue weighted by atomic mass is 35.5. The summed E-state index contributed by atoms with van der Waals surface area (Å²) in [5.41, 5.74) is 2.26. The van der Waals surface area contributed by atoms with E-state index in [-0.39, 0.29) is 5.57 Å². The van der Waals surface area contributed by atoms with E-state index in [2.05, 4.69) is 5.10 Å². The Labute approximate surface area is 197 Å². The first-order valence-electron chi connectivity index (χ1n) is 10.7. The van der Waals surface area contributed by atoms with E-state index in [9.17, 15) is 14.7 Å². The molecule has 1 unspecified atom stereocenters. The first-order chi connectivity index (χ1) is 15.8. The number of hydrogen-bond acceptors (Lipinski definition) is 4. The van der Waals surface area contributed by atoms with E-state index in [0.717, 1.165) is 10.6 Å². The van der Waals surface area contributed by atoms with Gasteiger partial charge in [0.25, 0.3) is 5.91 Å². The van der Waals surface area contributed by atoms with E-state index in [0.29, 0.717) is 34.9 Å². The molecule has 0 bridgehead atoms. The van der Waals surface area contributed by atoms with Gasteiger partial charge in [0.1, 0.15) is 0 Å². The maximum atomic E-state index is 13.7. The summed E-state index contributed by atoms with van der Waals surface area (Å²) in [5, 5.41) is 18.5. The van der Waals surface area contributed by atoms with Crippen molar-refractivity contribution in [2.24, 2.45) is 0 Å². The lowest BCUT2D eigenvalue weighted by Gasteiger charge is -2.27. The van der Waals surface area contributed by atoms with Gasteiger partial charge in [-0.3, -0.25) is 9.59 Å². The van der Waals surface area contributed by atoms with Crippen LogP contribution in [0.5, 0.6) is 0 Å². The lowest BCUT2D eigenvalue weighted by molar-refractivity contribution is -0.857. The van der Waals surface area contributed by atoms with Gasteiger partial charge in [-0.15, -0.1) is 0 Å². The smallest absolute Gasteiger partial charge is 0.295 e. The number of aromatic nitrogens is 2. The standard InChI is InChI=1S/C25H25ClN4O3/c1-16-20(15-27-30(16)19-10-5-4-6-11-19)23(31)21-22(17-8-7-9-18(26)14-17)29(13-12-28(2)3)25(33)24(21)32/h4-11,14-15,22,31H,12-13H2,1-3H3. The fourth-order valence-corrected chi connectivity index (χ4v) is 4.27. The second-order valence-corrected chi connectivity index (χ2v) is 8.81. The molecule has 33 heavy (non-hydrogen) atoms. The van der Waals surface area contributed by atoms with E-state index >= 15 is 0 Å². The van der Waals surface area contributed by atoms with E-state index in [1.165, 1.54) is 11.1 Å². The van der Waals surface area contributed by atoms with Crippen LogP contribution in [0.1, 0.15) is 22.9 Å². The zero-order valence-electron chi connectivity index (χ0n) is 18.7. The molecule has 0 spiro atoms. The van der Waals surface area contributed by atoms with Gasteiger partial charge in [-0.05, 0) is 36.8 Å². The van der Waals surface area contributed by atoms with Crippen LogP contribution >= 0.6 is 11.6 Å². The first kappa shape index (κ1) is 22.8. The summed E-state index contributed by atoms with van der Waals surface area (Å²) in [6.45, 7) is 2.74. The molecule has 1 aliphatic heterocycles. The number of quaternary nitrogens is 1. The summed E-state index contributed by atoms with van der Waals surface area (Å²) in [5.74, 6) is -1.93. The highest BCUT2D eigenvalue weighted by molar-refractivity contribution is 6.46. The van der Waals surface area contributed by atoms with Crippen molar-refractivity contribution in [2.45, 2.75) is 13.0 Å². The molecule has 1 saturated heterocycles. The normalized spacial score (nSPS) is 17.8. The molecule has 0 radical (unpaired) electrons. The summed E-state index contributed by atoms with van der Waals surface area (Å²) >= 11 is 6.21. The molecule has 1 N–H and O–H groups in total. The van der Waals surface area contributed by atoms with Crippen LogP contribution in [0.3, 0.4) is 0 Å². The molecule has 2 aromatic carbocycles. The molecule has 8 heteroatoms. The van der Waals surface area contributed by atoms with Crippen LogP contribution in [0.25, 0.3) is 11.4 Å². The quantitative estimate of drug-likeness (QED) is 0.337. The van der Waals surface area contributed by atoms with Crippen LogP contribution in [0.15, 0.2) is 66.4 Å². The molecule has 4 rings (SSSR count). The molecule has 1 fully saturated rings. The number of carbonyl (C=O) groups is 2. The molecule has 1 atom stereocenters.